The van der Waals surface area contributed by atoms with Gasteiger partial charge in [0.25, 0.3) is 5.56 Å². The van der Waals surface area contributed by atoms with Crippen molar-refractivity contribution >= 4 is 16.6 Å². The van der Waals surface area contributed by atoms with Gasteiger partial charge in [0.2, 0.25) is 0 Å². The third-order valence-electron chi connectivity index (χ3n) is 5.40. The first-order valence-electron chi connectivity index (χ1n) is 9.45. The molecule has 1 aliphatic carbocycles. The molecule has 0 amide bonds. The van der Waals surface area contributed by atoms with E-state index in [1.54, 1.807) is 0 Å². The van der Waals surface area contributed by atoms with Crippen molar-refractivity contribution in [2.45, 2.75) is 37.8 Å². The van der Waals surface area contributed by atoms with Crippen LogP contribution in [0, 0.1) is 17.1 Å². The molecule has 148 valence electrons. The van der Waals surface area contributed by atoms with Crippen molar-refractivity contribution in [2.75, 3.05) is 31.6 Å². The zero-order valence-corrected chi connectivity index (χ0v) is 15.6. The van der Waals surface area contributed by atoms with Crippen LogP contribution in [0.4, 0.5) is 10.1 Å². The number of H-pyrrole nitrogens is 1. The zero-order valence-electron chi connectivity index (χ0n) is 15.6. The molecule has 1 saturated carbocycles. The van der Waals surface area contributed by atoms with Gasteiger partial charge in [0.1, 0.15) is 11.2 Å². The Morgan fingerprint density at radius 1 is 1.39 bits per heavy atom. The fraction of sp³-hybridized carbons (Fsp3) is 0.526. The van der Waals surface area contributed by atoms with Crippen LogP contribution in [0.3, 0.4) is 0 Å². The molecule has 2 aliphatic rings. The van der Waals surface area contributed by atoms with E-state index in [4.69, 9.17) is 10.00 Å². The van der Waals surface area contributed by atoms with E-state index in [0.717, 1.165) is 19.3 Å². The molecule has 4 rings (SSSR count). The van der Waals surface area contributed by atoms with Gasteiger partial charge < -0.3 is 15.0 Å². The fourth-order valence-electron chi connectivity index (χ4n) is 3.98. The van der Waals surface area contributed by atoms with Crippen LogP contribution >= 0.6 is 0 Å². The predicted molar refractivity (Wildman–Crippen MR) is 102 cm³/mol. The number of aromatic amines is 1. The number of nitriles is 1. The summed E-state index contributed by atoms with van der Waals surface area (Å²) in [4.78, 5) is 28.9. The molecule has 2 heterocycles. The number of anilines is 1. The van der Waals surface area contributed by atoms with Crippen molar-refractivity contribution in [3.63, 3.8) is 0 Å². The lowest BCUT2D eigenvalue weighted by molar-refractivity contribution is 0.413. The molecular formula is C19H22FN5O3. The van der Waals surface area contributed by atoms with Gasteiger partial charge in [0, 0.05) is 38.1 Å². The van der Waals surface area contributed by atoms with Crippen LogP contribution in [0.25, 0.3) is 10.9 Å². The summed E-state index contributed by atoms with van der Waals surface area (Å²) in [5.41, 5.74) is -0.471. The van der Waals surface area contributed by atoms with Crippen molar-refractivity contribution in [2.24, 2.45) is 0 Å². The molecular weight excluding hydrogens is 365 g/mol. The molecule has 1 unspecified atom stereocenters. The third-order valence-corrected chi connectivity index (χ3v) is 5.40. The molecule has 0 bridgehead atoms. The Kier molecular flexibility index (Phi) is 4.81. The number of rotatable bonds is 6. The van der Waals surface area contributed by atoms with Crippen molar-refractivity contribution in [3.8, 4) is 11.8 Å². The highest BCUT2D eigenvalue weighted by atomic mass is 19.1. The molecule has 9 heteroatoms. The van der Waals surface area contributed by atoms with E-state index in [9.17, 15) is 9.59 Å². The summed E-state index contributed by atoms with van der Waals surface area (Å²) < 4.78 is 22.1. The van der Waals surface area contributed by atoms with E-state index in [-0.39, 0.29) is 28.9 Å². The zero-order chi connectivity index (χ0) is 19.8. The molecule has 2 fully saturated rings. The Balaban J connectivity index is 1.81. The summed E-state index contributed by atoms with van der Waals surface area (Å²) >= 11 is 0. The fourth-order valence-corrected chi connectivity index (χ4v) is 3.98. The third kappa shape index (κ3) is 3.14. The van der Waals surface area contributed by atoms with Gasteiger partial charge in [-0.1, -0.05) is 0 Å². The van der Waals surface area contributed by atoms with Crippen molar-refractivity contribution < 1.29 is 9.13 Å². The molecule has 1 saturated heterocycles. The van der Waals surface area contributed by atoms with Crippen LogP contribution in [-0.2, 0) is 0 Å². The Bertz CT molecular complexity index is 1070. The van der Waals surface area contributed by atoms with E-state index in [1.807, 2.05) is 4.90 Å². The molecule has 1 aromatic carbocycles. The topological polar surface area (TPSA) is 103 Å². The largest absolute Gasteiger partial charge is 0.492 e. The van der Waals surface area contributed by atoms with Gasteiger partial charge in [0.15, 0.2) is 11.6 Å². The van der Waals surface area contributed by atoms with Crippen LogP contribution < -0.4 is 26.2 Å². The van der Waals surface area contributed by atoms with Gasteiger partial charge in [-0.3, -0.25) is 14.3 Å². The van der Waals surface area contributed by atoms with Crippen LogP contribution in [0.5, 0.6) is 5.75 Å². The molecule has 0 spiro atoms. The molecule has 0 radical (unpaired) electrons. The summed E-state index contributed by atoms with van der Waals surface area (Å²) in [7, 11) is 1.43. The molecule has 1 aliphatic heterocycles. The number of halogens is 1. The van der Waals surface area contributed by atoms with Gasteiger partial charge in [-0.15, -0.1) is 0 Å². The summed E-state index contributed by atoms with van der Waals surface area (Å²) in [6, 6.07) is 3.42. The lowest BCUT2D eigenvalue weighted by atomic mass is 10.1. The summed E-state index contributed by atoms with van der Waals surface area (Å²) in [6.45, 7) is 1.75. The molecule has 28 heavy (non-hydrogen) atoms. The highest BCUT2D eigenvalue weighted by Crippen LogP contribution is 2.42. The number of ether oxygens (including phenoxy) is 1. The molecule has 2 aromatic rings. The first kappa shape index (κ1) is 18.5. The summed E-state index contributed by atoms with van der Waals surface area (Å²) in [5.74, 6) is -0.323. The van der Waals surface area contributed by atoms with Crippen LogP contribution in [0.2, 0.25) is 0 Å². The van der Waals surface area contributed by atoms with E-state index in [1.165, 1.54) is 17.7 Å². The van der Waals surface area contributed by atoms with Crippen molar-refractivity contribution in [1.82, 2.24) is 14.9 Å². The van der Waals surface area contributed by atoms with Gasteiger partial charge in [-0.05, 0) is 25.3 Å². The standard InChI is InChI=1S/C19H22FN5O3/c1-28-17-15-13(18(26)23-19(27)25(15)12-3-4-12)9-14(20)16(17)24-8-5-11(10-24)22-7-2-6-21/h9,11-12,22H,2-5,7-8,10H2,1H3,(H,23,26,27). The van der Waals surface area contributed by atoms with Crippen molar-refractivity contribution in [3.05, 3.63) is 32.7 Å². The Labute approximate surface area is 160 Å². The second-order valence-electron chi connectivity index (χ2n) is 7.29. The number of hydrogen-bond donors (Lipinski definition) is 2. The van der Waals surface area contributed by atoms with E-state index >= 15 is 4.39 Å². The molecule has 8 nitrogen and oxygen atoms in total. The lowest BCUT2D eigenvalue weighted by Gasteiger charge is -2.24. The Morgan fingerprint density at radius 2 is 2.18 bits per heavy atom. The van der Waals surface area contributed by atoms with E-state index < -0.39 is 17.1 Å². The molecule has 2 N–H and O–H groups in total. The smallest absolute Gasteiger partial charge is 0.329 e. The Morgan fingerprint density at radius 3 is 2.86 bits per heavy atom. The minimum absolute atomic E-state index is 0.00182. The van der Waals surface area contributed by atoms with Crippen LogP contribution in [-0.4, -0.2) is 42.3 Å². The number of nitrogens with zero attached hydrogens (tertiary/aromatic N) is 3. The minimum Gasteiger partial charge on any atom is -0.492 e. The number of benzene rings is 1. The normalized spacial score (nSPS) is 19.2. The highest BCUT2D eigenvalue weighted by Gasteiger charge is 2.33. The number of aromatic nitrogens is 2. The predicted octanol–water partition coefficient (Wildman–Crippen LogP) is 1.25. The lowest BCUT2D eigenvalue weighted by Crippen LogP contribution is -2.34. The highest BCUT2D eigenvalue weighted by molar-refractivity contribution is 5.91. The number of fused-ring (bicyclic) bond motifs is 1. The maximum Gasteiger partial charge on any atom is 0.329 e. The van der Waals surface area contributed by atoms with Crippen LogP contribution in [0.1, 0.15) is 31.7 Å². The molecule has 1 aromatic heterocycles. The maximum atomic E-state index is 15.1. The SMILES string of the molecule is COc1c(N2CCC(NCCC#N)C2)c(F)cc2c(=O)[nH]c(=O)n(C3CC3)c12. The second kappa shape index (κ2) is 7.28. The minimum atomic E-state index is -0.613. The monoisotopic (exact) mass is 387 g/mol. The Hall–Kier alpha value is -2.86. The average molecular weight is 387 g/mol. The van der Waals surface area contributed by atoms with E-state index in [0.29, 0.717) is 31.6 Å². The number of methoxy groups -OCH3 is 1. The number of nitrogens with one attached hydrogen (secondary N) is 2. The van der Waals surface area contributed by atoms with Gasteiger partial charge in [-0.25, -0.2) is 9.18 Å². The van der Waals surface area contributed by atoms with Crippen molar-refractivity contribution in [1.29, 1.82) is 5.26 Å². The molecule has 1 atom stereocenters. The van der Waals surface area contributed by atoms with Gasteiger partial charge >= 0.3 is 5.69 Å². The first-order valence-corrected chi connectivity index (χ1v) is 9.45. The first-order chi connectivity index (χ1) is 13.5. The summed E-state index contributed by atoms with van der Waals surface area (Å²) in [5, 5.41) is 12.1. The van der Waals surface area contributed by atoms with Crippen LogP contribution in [0.15, 0.2) is 15.7 Å². The number of hydrogen-bond acceptors (Lipinski definition) is 6. The second-order valence-corrected chi connectivity index (χ2v) is 7.29. The van der Waals surface area contributed by atoms with Gasteiger partial charge in [0.05, 0.1) is 18.6 Å². The van der Waals surface area contributed by atoms with Gasteiger partial charge in [-0.2, -0.15) is 5.26 Å². The van der Waals surface area contributed by atoms with E-state index in [2.05, 4.69) is 16.4 Å². The quantitative estimate of drug-likeness (QED) is 0.724. The maximum absolute atomic E-state index is 15.1. The summed E-state index contributed by atoms with van der Waals surface area (Å²) in [6.07, 6.45) is 2.90. The average Bonchev–Trinajstić information content (AvgIpc) is 3.39.